The van der Waals surface area contributed by atoms with Crippen LogP contribution in [0, 0.1) is 17.6 Å². The van der Waals surface area contributed by atoms with Gasteiger partial charge in [-0.2, -0.15) is 23.8 Å². The minimum absolute atomic E-state index is 0.0189. The number of aromatic hydroxyl groups is 1. The van der Waals surface area contributed by atoms with Gasteiger partial charge in [0, 0.05) is 73.9 Å². The lowest BCUT2D eigenvalue weighted by atomic mass is 9.90. The molecule has 2 aromatic heterocycles. The van der Waals surface area contributed by atoms with Gasteiger partial charge in [-0.15, -0.1) is 0 Å². The predicted molar refractivity (Wildman–Crippen MR) is 201 cm³/mol. The molecule has 0 aliphatic carbocycles. The van der Waals surface area contributed by atoms with Gasteiger partial charge in [-0.05, 0) is 85.2 Å². The zero-order valence-electron chi connectivity index (χ0n) is 30.9. The number of hydrogen-bond donors (Lipinski definition) is 1. The number of aryl methyl sites for hydroxylation is 2. The molecule has 0 spiro atoms. The molecule has 288 valence electrons. The largest absolute Gasteiger partial charge is 0.508 e. The van der Waals surface area contributed by atoms with E-state index < -0.39 is 23.3 Å². The zero-order valence-corrected chi connectivity index (χ0v) is 30.9. The van der Waals surface area contributed by atoms with Crippen LogP contribution in [0.25, 0.3) is 43.7 Å². The normalized spacial score (nSPS) is 24.5. The summed E-state index contributed by atoms with van der Waals surface area (Å²) in [4.78, 5) is 16.7. The third-order valence-corrected chi connectivity index (χ3v) is 12.9. The number of benzene rings is 3. The molecule has 3 aromatic carbocycles. The molecule has 0 saturated carbocycles. The average molecular weight is 758 g/mol. The van der Waals surface area contributed by atoms with Crippen LogP contribution < -0.4 is 9.64 Å². The van der Waals surface area contributed by atoms with Crippen molar-refractivity contribution in [2.24, 2.45) is 13.0 Å². The Morgan fingerprint density at radius 1 is 1.05 bits per heavy atom. The lowest BCUT2D eigenvalue weighted by molar-refractivity contribution is -0.0538. The fraction of sp³-hybridized carbons (Fsp3) is 0.488. The summed E-state index contributed by atoms with van der Waals surface area (Å²) in [6.07, 6.45) is 4.37. The zero-order chi connectivity index (χ0) is 37.7. The van der Waals surface area contributed by atoms with Crippen molar-refractivity contribution in [1.82, 2.24) is 29.5 Å². The molecule has 5 fully saturated rings. The van der Waals surface area contributed by atoms with Gasteiger partial charge in [-0.3, -0.25) is 14.5 Å². The Bertz CT molecular complexity index is 2400. The first-order valence-electron chi connectivity index (χ1n) is 19.4. The molecule has 14 heteroatoms. The van der Waals surface area contributed by atoms with Crippen LogP contribution in [0.15, 0.2) is 42.1 Å². The average Bonchev–Trinajstić information content (AvgIpc) is 3.88. The first-order chi connectivity index (χ1) is 26.6. The highest BCUT2D eigenvalue weighted by Gasteiger charge is 2.49. The van der Waals surface area contributed by atoms with E-state index in [0.717, 1.165) is 39.0 Å². The molecule has 3 atom stereocenters. The van der Waals surface area contributed by atoms with Gasteiger partial charge in [0.15, 0.2) is 5.82 Å². The standard InChI is InChI=1S/C41H43F4N7O3/c1-3-28-31(42)8-5-23-11-27(53)12-29(32(23)28)33-35(43)37-34(30-18-49(2)48-36(30)33)39(50-16-25-6-7-26(17-50)52(25)14-22-19-54-20-22)47-40(46-37)55-21-41-9-4-10-51(41)15-24(13-41)38(44)45/h5,8,11-12,18,22,25-26,53H,3-4,6-7,9-10,13-17,19-21H2,1-2H3/t25-,26+,41-/m0/s1. The molecule has 5 aromatic rings. The first-order valence-corrected chi connectivity index (χ1v) is 19.4. The van der Waals surface area contributed by atoms with Gasteiger partial charge >= 0.3 is 6.01 Å². The number of rotatable bonds is 8. The molecular formula is C41H43F4N7O3. The second kappa shape index (κ2) is 13.0. The third-order valence-electron chi connectivity index (χ3n) is 12.9. The number of anilines is 1. The maximum Gasteiger partial charge on any atom is 0.319 e. The molecule has 10 rings (SSSR count). The molecular weight excluding hydrogens is 714 g/mol. The van der Waals surface area contributed by atoms with Crippen molar-refractivity contribution in [2.45, 2.75) is 63.1 Å². The van der Waals surface area contributed by atoms with Crippen molar-refractivity contribution >= 4 is 38.4 Å². The van der Waals surface area contributed by atoms with E-state index in [9.17, 15) is 13.9 Å². The summed E-state index contributed by atoms with van der Waals surface area (Å²) in [6.45, 7) is 6.73. The summed E-state index contributed by atoms with van der Waals surface area (Å²) in [7, 11) is 1.77. The first kappa shape index (κ1) is 34.9. The molecule has 5 aliphatic heterocycles. The Morgan fingerprint density at radius 2 is 1.85 bits per heavy atom. The molecule has 55 heavy (non-hydrogen) atoms. The number of phenols is 1. The highest BCUT2D eigenvalue weighted by atomic mass is 19.3. The Kier molecular flexibility index (Phi) is 8.27. The second-order valence-corrected chi connectivity index (χ2v) is 16.2. The van der Waals surface area contributed by atoms with Crippen LogP contribution in [0.1, 0.15) is 44.6 Å². The van der Waals surface area contributed by atoms with Gasteiger partial charge in [0.2, 0.25) is 0 Å². The number of ether oxygens (including phenoxy) is 2. The topological polar surface area (TPSA) is 92.0 Å². The van der Waals surface area contributed by atoms with Crippen LogP contribution in [0.4, 0.5) is 23.4 Å². The second-order valence-electron chi connectivity index (χ2n) is 16.2. The van der Waals surface area contributed by atoms with Crippen molar-refractivity contribution in [3.05, 3.63) is 59.3 Å². The summed E-state index contributed by atoms with van der Waals surface area (Å²) in [5, 5.41) is 17.9. The fourth-order valence-electron chi connectivity index (χ4n) is 10.3. The van der Waals surface area contributed by atoms with Crippen molar-refractivity contribution < 1.29 is 32.1 Å². The number of nitrogens with zero attached hydrogens (tertiary/aromatic N) is 7. The summed E-state index contributed by atoms with van der Waals surface area (Å²) in [5.41, 5.74) is 0.673. The number of piperazine rings is 1. The van der Waals surface area contributed by atoms with Crippen LogP contribution in [-0.2, 0) is 18.2 Å². The number of aromatic nitrogens is 4. The quantitative estimate of drug-likeness (QED) is 0.169. The minimum atomic E-state index is -1.64. The van der Waals surface area contributed by atoms with Gasteiger partial charge in [0.05, 0.1) is 24.1 Å². The van der Waals surface area contributed by atoms with Gasteiger partial charge in [0.1, 0.15) is 35.0 Å². The van der Waals surface area contributed by atoms with E-state index in [4.69, 9.17) is 24.5 Å². The lowest BCUT2D eigenvalue weighted by Crippen LogP contribution is -2.56. The van der Waals surface area contributed by atoms with Gasteiger partial charge in [0.25, 0.3) is 6.08 Å². The monoisotopic (exact) mass is 757 g/mol. The van der Waals surface area contributed by atoms with E-state index in [1.54, 1.807) is 23.9 Å². The number of fused-ring (bicyclic) bond motifs is 7. The van der Waals surface area contributed by atoms with Crippen molar-refractivity contribution in [1.29, 1.82) is 0 Å². The van der Waals surface area contributed by atoms with Gasteiger partial charge in [-0.25, -0.2) is 8.78 Å². The van der Waals surface area contributed by atoms with Crippen LogP contribution in [-0.4, -0.2) is 105 Å². The summed E-state index contributed by atoms with van der Waals surface area (Å²) in [6, 6.07) is 6.51. The van der Waals surface area contributed by atoms with E-state index in [1.807, 2.05) is 13.1 Å². The van der Waals surface area contributed by atoms with E-state index in [-0.39, 0.29) is 60.1 Å². The number of halogens is 4. The van der Waals surface area contributed by atoms with Crippen LogP contribution >= 0.6 is 0 Å². The number of phenolic OH excluding ortho intramolecular Hbond substituents is 1. The van der Waals surface area contributed by atoms with E-state index in [1.165, 1.54) is 12.1 Å². The Hall–Kier alpha value is -4.53. The van der Waals surface area contributed by atoms with E-state index >= 15 is 8.78 Å². The minimum Gasteiger partial charge on any atom is -0.508 e. The maximum absolute atomic E-state index is 17.8. The molecule has 5 saturated heterocycles. The van der Waals surface area contributed by atoms with Crippen LogP contribution in [0.5, 0.6) is 11.8 Å². The maximum atomic E-state index is 17.8. The van der Waals surface area contributed by atoms with Crippen molar-refractivity contribution in [2.75, 3.05) is 57.4 Å². The highest BCUT2D eigenvalue weighted by Crippen LogP contribution is 2.47. The Balaban J connectivity index is 1.16. The molecule has 10 nitrogen and oxygen atoms in total. The molecule has 5 aliphatic rings. The lowest BCUT2D eigenvalue weighted by Gasteiger charge is -2.44. The Labute approximate surface area is 315 Å². The van der Waals surface area contributed by atoms with Gasteiger partial charge < -0.3 is 19.5 Å². The molecule has 7 heterocycles. The molecule has 0 radical (unpaired) electrons. The smallest absolute Gasteiger partial charge is 0.319 e. The molecule has 0 amide bonds. The third kappa shape index (κ3) is 5.57. The molecule has 2 bridgehead atoms. The van der Waals surface area contributed by atoms with Crippen LogP contribution in [0.3, 0.4) is 0 Å². The number of hydrogen-bond acceptors (Lipinski definition) is 9. The van der Waals surface area contributed by atoms with Crippen LogP contribution in [0.2, 0.25) is 0 Å². The molecule has 1 N–H and O–H groups in total. The van der Waals surface area contributed by atoms with Gasteiger partial charge in [-0.1, -0.05) is 13.0 Å². The van der Waals surface area contributed by atoms with E-state index in [0.29, 0.717) is 82.4 Å². The summed E-state index contributed by atoms with van der Waals surface area (Å²) < 4.78 is 74.4. The van der Waals surface area contributed by atoms with Crippen molar-refractivity contribution in [3.63, 3.8) is 0 Å². The Morgan fingerprint density at radius 3 is 2.58 bits per heavy atom. The SMILES string of the molecule is CCc1c(F)ccc2cc(O)cc(-c3c(F)c4nc(OC[C@@]56CCCN5CC(=C(F)F)C6)nc(N5C[C@H]6CC[C@@H](C5)N6CC5COC5)c4c4cn(C)nc34)c12. The van der Waals surface area contributed by atoms with Crippen molar-refractivity contribution in [3.8, 4) is 22.9 Å². The fourth-order valence-corrected chi connectivity index (χ4v) is 10.3. The predicted octanol–water partition coefficient (Wildman–Crippen LogP) is 6.95. The van der Waals surface area contributed by atoms with E-state index in [2.05, 4.69) is 14.7 Å². The summed E-state index contributed by atoms with van der Waals surface area (Å²) in [5.74, 6) is -0.138. The molecule has 0 unspecified atom stereocenters. The summed E-state index contributed by atoms with van der Waals surface area (Å²) >= 11 is 0. The highest BCUT2D eigenvalue weighted by molar-refractivity contribution is 6.18.